The first-order chi connectivity index (χ1) is 9.48. The summed E-state index contributed by atoms with van der Waals surface area (Å²) in [5.41, 5.74) is -0.0578. The van der Waals surface area contributed by atoms with Crippen molar-refractivity contribution in [3.8, 4) is 0 Å². The second kappa shape index (κ2) is 7.21. The molecule has 0 amide bonds. The smallest absolute Gasteiger partial charge is 0.342 e. The van der Waals surface area contributed by atoms with Crippen molar-refractivity contribution < 1.29 is 17.9 Å². The van der Waals surface area contributed by atoms with Gasteiger partial charge in [-0.15, -0.1) is 12.4 Å². The predicted molar refractivity (Wildman–Crippen MR) is 78.0 cm³/mol. The van der Waals surface area contributed by atoms with Gasteiger partial charge >= 0.3 is 5.97 Å². The average Bonchev–Trinajstić information content (AvgIpc) is 2.89. The van der Waals surface area contributed by atoms with Gasteiger partial charge < -0.3 is 10.1 Å². The molecule has 1 aromatic heterocycles. The lowest BCUT2D eigenvalue weighted by Gasteiger charge is -2.32. The highest BCUT2D eigenvalue weighted by atomic mass is 35.5. The van der Waals surface area contributed by atoms with E-state index < -0.39 is 16.0 Å². The van der Waals surface area contributed by atoms with E-state index >= 15 is 0 Å². The van der Waals surface area contributed by atoms with Gasteiger partial charge in [0.2, 0.25) is 0 Å². The molecule has 0 aliphatic carbocycles. The summed E-state index contributed by atoms with van der Waals surface area (Å²) in [6, 6.07) is -0.188. The largest absolute Gasteiger partial charge is 0.462 e. The Labute approximate surface area is 129 Å². The third kappa shape index (κ3) is 3.54. The maximum Gasteiger partial charge on any atom is 0.342 e. The van der Waals surface area contributed by atoms with Crippen molar-refractivity contribution >= 4 is 28.4 Å². The van der Waals surface area contributed by atoms with Gasteiger partial charge in [-0.05, 0) is 13.8 Å². The molecule has 120 valence electrons. The Morgan fingerprint density at radius 3 is 2.90 bits per heavy atom. The van der Waals surface area contributed by atoms with Crippen LogP contribution in [0.5, 0.6) is 0 Å². The van der Waals surface area contributed by atoms with Crippen LogP contribution in [0.2, 0.25) is 0 Å². The topological polar surface area (TPSA) is 104 Å². The van der Waals surface area contributed by atoms with Crippen LogP contribution >= 0.6 is 12.4 Å². The molecule has 0 aromatic carbocycles. The summed E-state index contributed by atoms with van der Waals surface area (Å²) in [6.45, 7) is 5.14. The highest BCUT2D eigenvalue weighted by Crippen LogP contribution is 2.21. The number of aromatic amines is 1. The van der Waals surface area contributed by atoms with E-state index in [4.69, 9.17) is 4.74 Å². The van der Waals surface area contributed by atoms with E-state index in [2.05, 4.69) is 15.5 Å². The molecule has 21 heavy (non-hydrogen) atoms. The number of nitrogens with zero attached hydrogens (tertiary/aromatic N) is 2. The molecule has 1 aliphatic rings. The van der Waals surface area contributed by atoms with Crippen LogP contribution in [-0.2, 0) is 14.8 Å². The minimum atomic E-state index is -3.79. The van der Waals surface area contributed by atoms with Gasteiger partial charge in [0.05, 0.1) is 12.8 Å². The van der Waals surface area contributed by atoms with E-state index in [1.165, 1.54) is 10.5 Å². The average molecular weight is 339 g/mol. The number of H-pyrrole nitrogens is 1. The summed E-state index contributed by atoms with van der Waals surface area (Å²) in [7, 11) is -3.79. The number of carbonyl (C=O) groups is 1. The minimum absolute atomic E-state index is 0. The van der Waals surface area contributed by atoms with Crippen molar-refractivity contribution in [2.75, 3.05) is 26.2 Å². The Bertz CT molecular complexity index is 589. The maximum atomic E-state index is 12.6. The molecule has 2 N–H and O–H groups in total. The molecule has 0 radical (unpaired) electrons. The number of hydrogen-bond acceptors (Lipinski definition) is 6. The number of nitrogens with one attached hydrogen (secondary N) is 2. The number of piperazine rings is 1. The summed E-state index contributed by atoms with van der Waals surface area (Å²) in [5, 5.41) is 8.98. The molecular weight excluding hydrogens is 320 g/mol. The first-order valence-corrected chi connectivity index (χ1v) is 7.85. The lowest BCUT2D eigenvalue weighted by molar-refractivity contribution is 0.0521. The van der Waals surface area contributed by atoms with E-state index in [1.54, 1.807) is 6.92 Å². The van der Waals surface area contributed by atoms with Crippen molar-refractivity contribution in [1.82, 2.24) is 19.8 Å². The quantitative estimate of drug-likeness (QED) is 0.748. The molecular formula is C11H19ClN4O4S. The first kappa shape index (κ1) is 17.9. The number of hydrogen-bond donors (Lipinski definition) is 2. The number of sulfonamides is 1. The van der Waals surface area contributed by atoms with Crippen molar-refractivity contribution in [2.45, 2.75) is 24.9 Å². The van der Waals surface area contributed by atoms with Crippen molar-refractivity contribution in [3.63, 3.8) is 0 Å². The molecule has 1 saturated heterocycles. The van der Waals surface area contributed by atoms with E-state index in [1.807, 2.05) is 6.92 Å². The zero-order valence-electron chi connectivity index (χ0n) is 11.8. The van der Waals surface area contributed by atoms with Gasteiger partial charge in [-0.1, -0.05) is 0 Å². The molecule has 1 atom stereocenters. The summed E-state index contributed by atoms with van der Waals surface area (Å²) in [4.78, 5) is 11.8. The van der Waals surface area contributed by atoms with Crippen LogP contribution in [-0.4, -0.2) is 61.2 Å². The number of halogens is 1. The highest BCUT2D eigenvalue weighted by Gasteiger charge is 2.35. The summed E-state index contributed by atoms with van der Waals surface area (Å²) < 4.78 is 31.4. The summed E-state index contributed by atoms with van der Waals surface area (Å²) in [5.74, 6) is -0.692. The van der Waals surface area contributed by atoms with Crippen LogP contribution in [0, 0.1) is 0 Å². The van der Waals surface area contributed by atoms with Gasteiger partial charge in [-0.3, -0.25) is 5.10 Å². The molecule has 8 nitrogen and oxygen atoms in total. The Kier molecular flexibility index (Phi) is 6.14. The van der Waals surface area contributed by atoms with E-state index in [0.29, 0.717) is 19.6 Å². The number of aromatic nitrogens is 2. The highest BCUT2D eigenvalue weighted by molar-refractivity contribution is 7.89. The summed E-state index contributed by atoms with van der Waals surface area (Å²) in [6.07, 6.45) is 1.18. The maximum absolute atomic E-state index is 12.6. The standard InChI is InChI=1S/C11H18N4O4S.ClH/c1-3-19-11(16)9-7-13-14-10(9)20(17,18)15-5-4-12-6-8(15)2;/h7-8,12H,3-6H2,1-2H3,(H,13,14);1H. The van der Waals surface area contributed by atoms with E-state index in [-0.39, 0.29) is 35.6 Å². The number of ether oxygens (including phenoxy) is 1. The lowest BCUT2D eigenvalue weighted by Crippen LogP contribution is -2.52. The van der Waals surface area contributed by atoms with Crippen molar-refractivity contribution in [3.05, 3.63) is 11.8 Å². The monoisotopic (exact) mass is 338 g/mol. The minimum Gasteiger partial charge on any atom is -0.462 e. The molecule has 10 heteroatoms. The third-order valence-electron chi connectivity index (χ3n) is 3.11. The molecule has 0 saturated carbocycles. The fourth-order valence-electron chi connectivity index (χ4n) is 2.12. The number of carbonyl (C=O) groups excluding carboxylic acids is 1. The molecule has 0 bridgehead atoms. The van der Waals surface area contributed by atoms with E-state index in [0.717, 1.165) is 0 Å². The predicted octanol–water partition coefficient (Wildman–Crippen LogP) is -0.00940. The fraction of sp³-hybridized carbons (Fsp3) is 0.636. The van der Waals surface area contributed by atoms with Gasteiger partial charge in [0.1, 0.15) is 5.56 Å². The van der Waals surface area contributed by atoms with Gasteiger partial charge in [0.25, 0.3) is 10.0 Å². The first-order valence-electron chi connectivity index (χ1n) is 6.41. The fourth-order valence-corrected chi connectivity index (χ4v) is 3.82. The van der Waals surface area contributed by atoms with Crippen LogP contribution in [0.25, 0.3) is 0 Å². The molecule has 2 heterocycles. The Morgan fingerprint density at radius 1 is 1.57 bits per heavy atom. The number of rotatable bonds is 4. The Morgan fingerprint density at radius 2 is 2.29 bits per heavy atom. The molecule has 1 fully saturated rings. The van der Waals surface area contributed by atoms with Crippen molar-refractivity contribution in [1.29, 1.82) is 0 Å². The second-order valence-corrected chi connectivity index (χ2v) is 6.33. The Hall–Kier alpha value is -1.16. The van der Waals surface area contributed by atoms with Gasteiger partial charge in [0.15, 0.2) is 5.03 Å². The van der Waals surface area contributed by atoms with Crippen LogP contribution in [0.3, 0.4) is 0 Å². The van der Waals surface area contributed by atoms with Crippen molar-refractivity contribution in [2.24, 2.45) is 0 Å². The van der Waals surface area contributed by atoms with Crippen LogP contribution in [0.15, 0.2) is 11.2 Å². The summed E-state index contributed by atoms with van der Waals surface area (Å²) >= 11 is 0. The van der Waals surface area contributed by atoms with Gasteiger partial charge in [-0.2, -0.15) is 9.40 Å². The van der Waals surface area contributed by atoms with Crippen LogP contribution in [0.4, 0.5) is 0 Å². The zero-order valence-corrected chi connectivity index (χ0v) is 13.5. The second-order valence-electron chi connectivity index (χ2n) is 4.50. The zero-order chi connectivity index (χ0) is 14.8. The van der Waals surface area contributed by atoms with E-state index in [9.17, 15) is 13.2 Å². The Balaban J connectivity index is 0.00000220. The third-order valence-corrected chi connectivity index (χ3v) is 5.09. The molecule has 2 rings (SSSR count). The van der Waals surface area contributed by atoms with Crippen LogP contribution in [0.1, 0.15) is 24.2 Å². The van der Waals surface area contributed by atoms with Crippen LogP contribution < -0.4 is 5.32 Å². The molecule has 1 aromatic rings. The lowest BCUT2D eigenvalue weighted by atomic mass is 10.3. The number of esters is 1. The normalized spacial score (nSPS) is 19.8. The molecule has 0 spiro atoms. The SMILES string of the molecule is CCOC(=O)c1cn[nH]c1S(=O)(=O)N1CCNCC1C.Cl. The van der Waals surface area contributed by atoms with Gasteiger partial charge in [-0.25, -0.2) is 13.2 Å². The molecule has 1 unspecified atom stereocenters. The molecule has 1 aliphatic heterocycles. The van der Waals surface area contributed by atoms with Gasteiger partial charge in [0, 0.05) is 25.7 Å².